The first-order valence-electron chi connectivity index (χ1n) is 11.5. The summed E-state index contributed by atoms with van der Waals surface area (Å²) < 4.78 is 58.5. The number of nitrogens with two attached hydrogens (primary N) is 1. The van der Waals surface area contributed by atoms with E-state index in [1.54, 1.807) is 0 Å². The number of benzene rings is 1. The fraction of sp³-hybridized carbons (Fsp3) is 0.304. The van der Waals surface area contributed by atoms with E-state index in [1.807, 2.05) is 6.92 Å². The van der Waals surface area contributed by atoms with Gasteiger partial charge in [-0.25, -0.2) is 33.1 Å². The average molecular weight is 513 g/mol. The van der Waals surface area contributed by atoms with E-state index < -0.39 is 29.8 Å². The maximum Gasteiger partial charge on any atom is 0.333 e. The number of fused-ring (bicyclic) bond motifs is 2. The second kappa shape index (κ2) is 8.35. The number of halogens is 4. The quantitative estimate of drug-likeness (QED) is 0.341. The first-order chi connectivity index (χ1) is 17.8. The summed E-state index contributed by atoms with van der Waals surface area (Å²) in [6.07, 6.45) is 5.36. The molecule has 0 spiro atoms. The van der Waals surface area contributed by atoms with Crippen LogP contribution in [0.1, 0.15) is 50.6 Å². The number of aromatic nitrogens is 8. The van der Waals surface area contributed by atoms with Gasteiger partial charge in [0.05, 0.1) is 17.0 Å². The van der Waals surface area contributed by atoms with E-state index in [9.17, 15) is 22.4 Å². The van der Waals surface area contributed by atoms with Crippen molar-refractivity contribution in [2.24, 2.45) is 0 Å². The Morgan fingerprint density at radius 2 is 1.97 bits per heavy atom. The minimum Gasteiger partial charge on any atom is -0.383 e. The van der Waals surface area contributed by atoms with Crippen molar-refractivity contribution in [3.63, 3.8) is 0 Å². The Bertz CT molecular complexity index is 1740. The summed E-state index contributed by atoms with van der Waals surface area (Å²) in [7, 11) is 0. The first kappa shape index (κ1) is 23.1. The molecule has 0 aliphatic heterocycles. The van der Waals surface area contributed by atoms with Gasteiger partial charge < -0.3 is 5.73 Å². The van der Waals surface area contributed by atoms with Crippen molar-refractivity contribution in [3.05, 3.63) is 58.7 Å². The van der Waals surface area contributed by atoms with E-state index in [0.29, 0.717) is 35.4 Å². The average Bonchev–Trinajstić information content (AvgIpc) is 3.42. The molecule has 1 fully saturated rings. The number of nitrogen functional groups attached to an aromatic ring is 1. The number of anilines is 1. The van der Waals surface area contributed by atoms with Crippen molar-refractivity contribution >= 4 is 27.8 Å². The second-order valence-corrected chi connectivity index (χ2v) is 8.82. The Morgan fingerprint density at radius 3 is 2.65 bits per heavy atom. The lowest BCUT2D eigenvalue weighted by molar-refractivity contribution is 0.0566. The predicted octanol–water partition coefficient (Wildman–Crippen LogP) is 3.99. The van der Waals surface area contributed by atoms with E-state index in [4.69, 9.17) is 5.73 Å². The van der Waals surface area contributed by atoms with Crippen molar-refractivity contribution in [3.8, 4) is 11.3 Å². The molecule has 1 saturated carbocycles. The van der Waals surface area contributed by atoms with Gasteiger partial charge in [0.15, 0.2) is 11.5 Å². The zero-order valence-corrected chi connectivity index (χ0v) is 19.3. The molecule has 4 heterocycles. The summed E-state index contributed by atoms with van der Waals surface area (Å²) in [5.41, 5.74) is 6.08. The molecule has 0 bridgehead atoms. The van der Waals surface area contributed by atoms with Crippen LogP contribution in [0.2, 0.25) is 0 Å². The molecule has 190 valence electrons. The van der Waals surface area contributed by atoms with Gasteiger partial charge in [0.25, 0.3) is 5.56 Å². The maximum atomic E-state index is 14.7. The maximum absolute atomic E-state index is 14.7. The van der Waals surface area contributed by atoms with E-state index >= 15 is 0 Å². The Labute approximate surface area is 205 Å². The van der Waals surface area contributed by atoms with Gasteiger partial charge in [-0.05, 0) is 25.3 Å². The van der Waals surface area contributed by atoms with E-state index in [0.717, 1.165) is 12.3 Å². The van der Waals surface area contributed by atoms with Crippen LogP contribution in [0.3, 0.4) is 0 Å². The molecule has 2 N–H and O–H groups in total. The van der Waals surface area contributed by atoms with Crippen molar-refractivity contribution in [1.82, 2.24) is 39.1 Å². The molecule has 0 saturated heterocycles. The van der Waals surface area contributed by atoms with Gasteiger partial charge in [-0.1, -0.05) is 6.92 Å². The molecular formula is C23H19F4N9O. The van der Waals surface area contributed by atoms with Gasteiger partial charge in [-0.3, -0.25) is 9.36 Å². The van der Waals surface area contributed by atoms with Crippen LogP contribution >= 0.6 is 0 Å². The van der Waals surface area contributed by atoms with Gasteiger partial charge in [-0.2, -0.15) is 19.0 Å². The lowest BCUT2D eigenvalue weighted by atomic mass is 10.1. The highest BCUT2D eigenvalue weighted by Gasteiger charge is 2.33. The third-order valence-electron chi connectivity index (χ3n) is 6.44. The molecule has 1 aromatic carbocycles. The molecule has 0 radical (unpaired) electrons. The number of hydrogen-bond acceptors (Lipinski definition) is 7. The van der Waals surface area contributed by atoms with Crippen LogP contribution in [-0.4, -0.2) is 39.1 Å². The zero-order valence-electron chi connectivity index (χ0n) is 19.3. The van der Waals surface area contributed by atoms with Crippen LogP contribution in [-0.2, 0) is 0 Å². The summed E-state index contributed by atoms with van der Waals surface area (Å²) in [6, 6.07) is 0.757. The fourth-order valence-corrected chi connectivity index (χ4v) is 4.61. The second-order valence-electron chi connectivity index (χ2n) is 8.82. The minimum absolute atomic E-state index is 0.0680. The molecule has 14 heteroatoms. The van der Waals surface area contributed by atoms with Gasteiger partial charge in [0.1, 0.15) is 41.0 Å². The Morgan fingerprint density at radius 1 is 1.19 bits per heavy atom. The van der Waals surface area contributed by atoms with Crippen LogP contribution in [0.4, 0.5) is 23.4 Å². The Hall–Kier alpha value is -4.36. The fourth-order valence-electron chi connectivity index (χ4n) is 4.61. The third-order valence-corrected chi connectivity index (χ3v) is 6.44. The Kier molecular flexibility index (Phi) is 5.21. The highest BCUT2D eigenvalue weighted by molar-refractivity contribution is 5.98. The SMILES string of the molecule is CC[C@@H](c1nc2c(F)cc(F)cc2c(=O)n1C1CC1)n1nc(-c2cnn(C(F)F)c2)c2c(N)ncnc21. The molecular weight excluding hydrogens is 494 g/mol. The van der Waals surface area contributed by atoms with E-state index in [2.05, 4.69) is 25.1 Å². The van der Waals surface area contributed by atoms with Crippen LogP contribution in [0.15, 0.2) is 35.6 Å². The van der Waals surface area contributed by atoms with Gasteiger partial charge in [-0.15, -0.1) is 0 Å². The summed E-state index contributed by atoms with van der Waals surface area (Å²) in [4.78, 5) is 26.3. The molecule has 1 aliphatic rings. The van der Waals surface area contributed by atoms with E-state index in [-0.39, 0.29) is 45.5 Å². The van der Waals surface area contributed by atoms with Crippen molar-refractivity contribution in [1.29, 1.82) is 0 Å². The lowest BCUT2D eigenvalue weighted by Crippen LogP contribution is -2.29. The molecule has 0 unspecified atom stereocenters. The lowest BCUT2D eigenvalue weighted by Gasteiger charge is -2.21. The van der Waals surface area contributed by atoms with E-state index in [1.165, 1.54) is 21.8 Å². The molecule has 0 amide bonds. The number of alkyl halides is 2. The van der Waals surface area contributed by atoms with Crippen molar-refractivity contribution < 1.29 is 17.6 Å². The topological polar surface area (TPSA) is 122 Å². The summed E-state index contributed by atoms with van der Waals surface area (Å²) >= 11 is 0. The summed E-state index contributed by atoms with van der Waals surface area (Å²) in [6.45, 7) is -1.03. The molecule has 5 aromatic rings. The first-order valence-corrected chi connectivity index (χ1v) is 11.5. The Balaban J connectivity index is 1.62. The number of rotatable bonds is 6. The normalized spacial score (nSPS) is 14.8. The molecule has 1 aliphatic carbocycles. The molecule has 6 rings (SSSR count). The largest absolute Gasteiger partial charge is 0.383 e. The smallest absolute Gasteiger partial charge is 0.333 e. The van der Waals surface area contributed by atoms with Gasteiger partial charge >= 0.3 is 6.55 Å². The summed E-state index contributed by atoms with van der Waals surface area (Å²) in [5, 5.41) is 8.47. The molecule has 1 atom stereocenters. The summed E-state index contributed by atoms with van der Waals surface area (Å²) in [5.74, 6) is -1.53. The standard InChI is InChI=1S/C23H19F4N9O/c1-2-15(20-32-18-13(5-11(24)6-14(18)25)22(37)35(20)12-3-4-12)36-21-16(19(28)29-9-30-21)17(33-36)10-7-31-34(8-10)23(26)27/h5-9,12,15,23H,2-4H2,1H3,(H2,28,29,30)/t15-/m0/s1. The van der Waals surface area contributed by atoms with Crippen molar-refractivity contribution in [2.45, 2.75) is 44.8 Å². The number of hydrogen-bond donors (Lipinski definition) is 1. The molecule has 4 aromatic heterocycles. The zero-order chi connectivity index (χ0) is 26.0. The van der Waals surface area contributed by atoms with Gasteiger partial charge in [0.2, 0.25) is 0 Å². The monoisotopic (exact) mass is 513 g/mol. The minimum atomic E-state index is -2.85. The van der Waals surface area contributed by atoms with Crippen LogP contribution < -0.4 is 11.3 Å². The van der Waals surface area contributed by atoms with Crippen molar-refractivity contribution in [2.75, 3.05) is 5.73 Å². The molecule has 10 nitrogen and oxygen atoms in total. The van der Waals surface area contributed by atoms with Crippen LogP contribution in [0.25, 0.3) is 33.2 Å². The highest BCUT2D eigenvalue weighted by atomic mass is 19.3. The third kappa shape index (κ3) is 3.62. The van der Waals surface area contributed by atoms with Gasteiger partial charge in [0, 0.05) is 23.9 Å². The van der Waals surface area contributed by atoms with Crippen LogP contribution in [0, 0.1) is 11.6 Å². The van der Waals surface area contributed by atoms with Crippen LogP contribution in [0.5, 0.6) is 0 Å². The highest BCUT2D eigenvalue weighted by Crippen LogP contribution is 2.39. The number of nitrogens with zero attached hydrogens (tertiary/aromatic N) is 8. The predicted molar refractivity (Wildman–Crippen MR) is 125 cm³/mol. The molecule has 37 heavy (non-hydrogen) atoms.